The first-order valence-corrected chi connectivity index (χ1v) is 4.61. The Balaban J connectivity index is 2.64. The van der Waals surface area contributed by atoms with Crippen molar-refractivity contribution in [2.75, 3.05) is 0 Å². The smallest absolute Gasteiger partial charge is 0.345 e. The first kappa shape index (κ1) is 9.75. The molecule has 1 saturated carbocycles. The first-order valence-electron chi connectivity index (χ1n) is 4.61. The molecule has 7 nitrogen and oxygen atoms in total. The maximum atomic E-state index is 11.3. The number of nitrogens with one attached hydrogen (secondary N) is 2. The van der Waals surface area contributed by atoms with E-state index in [-0.39, 0.29) is 5.92 Å². The van der Waals surface area contributed by atoms with Gasteiger partial charge in [0, 0.05) is 0 Å². The maximum absolute atomic E-state index is 11.3. The number of aromatic amines is 2. The summed E-state index contributed by atoms with van der Waals surface area (Å²) in [5, 5.41) is 13.3. The van der Waals surface area contributed by atoms with Crippen LogP contribution in [-0.4, -0.2) is 25.8 Å². The highest BCUT2D eigenvalue weighted by Crippen LogP contribution is 2.43. The summed E-state index contributed by atoms with van der Waals surface area (Å²) in [6.07, 6.45) is 1.44. The van der Waals surface area contributed by atoms with Crippen molar-refractivity contribution in [3.8, 4) is 0 Å². The molecule has 7 heteroatoms. The minimum Gasteiger partial charge on any atom is -0.479 e. The maximum Gasteiger partial charge on any atom is 0.345 e. The quantitative estimate of drug-likeness (QED) is 0.603. The summed E-state index contributed by atoms with van der Waals surface area (Å²) in [6.45, 7) is 1.40. The van der Waals surface area contributed by atoms with Crippen molar-refractivity contribution >= 4 is 5.97 Å². The van der Waals surface area contributed by atoms with E-state index in [1.54, 1.807) is 0 Å². The van der Waals surface area contributed by atoms with E-state index in [0.717, 1.165) is 17.4 Å². The van der Waals surface area contributed by atoms with E-state index in [1.807, 2.05) is 0 Å². The zero-order valence-electron chi connectivity index (χ0n) is 8.11. The highest BCUT2D eigenvalue weighted by Gasteiger charge is 2.51. The third-order valence-electron chi connectivity index (χ3n) is 2.95. The second-order valence-corrected chi connectivity index (χ2v) is 3.92. The van der Waals surface area contributed by atoms with Crippen molar-refractivity contribution in [3.05, 3.63) is 21.0 Å². The van der Waals surface area contributed by atoms with Crippen LogP contribution in [0.25, 0.3) is 0 Å². The lowest BCUT2D eigenvalue weighted by molar-refractivity contribution is -0.148. The molecule has 0 radical (unpaired) electrons. The lowest BCUT2D eigenvalue weighted by Gasteiger charge is -2.23. The molecule has 1 aliphatic carbocycles. The van der Waals surface area contributed by atoms with Crippen LogP contribution >= 0.6 is 0 Å². The molecule has 1 aromatic heterocycles. The number of carboxylic acid groups (broad SMARTS) is 1. The van der Waals surface area contributed by atoms with Crippen LogP contribution in [0.15, 0.2) is 9.59 Å². The molecule has 0 spiro atoms. The predicted molar refractivity (Wildman–Crippen MR) is 49.7 cm³/mol. The molecule has 0 aromatic carbocycles. The van der Waals surface area contributed by atoms with Gasteiger partial charge in [0.1, 0.15) is 0 Å². The number of carbonyl (C=O) groups is 1. The Bertz CT molecular complexity index is 479. The van der Waals surface area contributed by atoms with Gasteiger partial charge in [0.25, 0.3) is 0 Å². The Morgan fingerprint density at radius 1 is 1.40 bits per heavy atom. The Kier molecular flexibility index (Phi) is 1.85. The summed E-state index contributed by atoms with van der Waals surface area (Å²) in [5.74, 6) is -1.30. The lowest BCUT2D eigenvalue weighted by Crippen LogP contribution is -2.50. The molecule has 15 heavy (non-hydrogen) atoms. The molecule has 1 unspecified atom stereocenters. The standard InChI is InChI=1S/C8H11N3O4/c1-8(5(12)13,4-2-3-4)11-6(14)9-10-7(11)15/h4H,2-3H2,1H3,(H,9,14)(H,10,15)(H,12,13). The average Bonchev–Trinajstić information content (AvgIpc) is 2.93. The Hall–Kier alpha value is -1.79. The fourth-order valence-electron chi connectivity index (χ4n) is 1.83. The predicted octanol–water partition coefficient (Wildman–Crippen LogP) is -0.925. The largest absolute Gasteiger partial charge is 0.479 e. The number of nitrogens with zero attached hydrogens (tertiary/aromatic N) is 1. The van der Waals surface area contributed by atoms with Crippen LogP contribution in [0.3, 0.4) is 0 Å². The second kappa shape index (κ2) is 2.85. The minimum atomic E-state index is -1.44. The third kappa shape index (κ3) is 1.23. The monoisotopic (exact) mass is 213 g/mol. The van der Waals surface area contributed by atoms with Crippen molar-refractivity contribution in [3.63, 3.8) is 0 Å². The van der Waals surface area contributed by atoms with E-state index in [0.29, 0.717) is 0 Å². The van der Waals surface area contributed by atoms with Crippen LogP contribution in [-0.2, 0) is 10.3 Å². The fraction of sp³-hybridized carbons (Fsp3) is 0.625. The van der Waals surface area contributed by atoms with Crippen molar-refractivity contribution < 1.29 is 9.90 Å². The molecule has 3 N–H and O–H groups in total. The molecule has 0 bridgehead atoms. The molecule has 1 aliphatic rings. The second-order valence-electron chi connectivity index (χ2n) is 3.92. The first-order chi connectivity index (χ1) is 6.98. The van der Waals surface area contributed by atoms with Gasteiger partial charge in [0.2, 0.25) is 0 Å². The number of hydrogen-bond donors (Lipinski definition) is 3. The van der Waals surface area contributed by atoms with Crippen LogP contribution in [0.4, 0.5) is 0 Å². The van der Waals surface area contributed by atoms with Crippen molar-refractivity contribution in [1.82, 2.24) is 14.8 Å². The number of hydrogen-bond acceptors (Lipinski definition) is 3. The molecule has 1 fully saturated rings. The number of aliphatic carboxylic acids is 1. The van der Waals surface area contributed by atoms with Crippen molar-refractivity contribution in [2.45, 2.75) is 25.3 Å². The highest BCUT2D eigenvalue weighted by molar-refractivity contribution is 5.77. The Labute approximate surface area is 83.7 Å². The Morgan fingerprint density at radius 3 is 2.20 bits per heavy atom. The number of rotatable bonds is 3. The van der Waals surface area contributed by atoms with Crippen LogP contribution in [0.2, 0.25) is 0 Å². The molecule has 82 valence electrons. The van der Waals surface area contributed by atoms with Crippen molar-refractivity contribution in [1.29, 1.82) is 0 Å². The zero-order chi connectivity index (χ0) is 11.2. The molecule has 1 atom stereocenters. The Morgan fingerprint density at radius 2 is 1.87 bits per heavy atom. The average molecular weight is 213 g/mol. The summed E-state index contributed by atoms with van der Waals surface area (Å²) < 4.78 is 0.743. The van der Waals surface area contributed by atoms with Gasteiger partial charge in [-0.25, -0.2) is 29.1 Å². The topological polar surface area (TPSA) is 108 Å². The zero-order valence-corrected chi connectivity index (χ0v) is 8.11. The van der Waals surface area contributed by atoms with Crippen LogP contribution in [0.1, 0.15) is 19.8 Å². The molecular weight excluding hydrogens is 202 g/mol. The summed E-state index contributed by atoms with van der Waals surface area (Å²) in [4.78, 5) is 33.9. The van der Waals surface area contributed by atoms with Gasteiger partial charge in [-0.2, -0.15) is 0 Å². The lowest BCUT2D eigenvalue weighted by atomic mass is 9.96. The van der Waals surface area contributed by atoms with Crippen molar-refractivity contribution in [2.24, 2.45) is 5.92 Å². The molecule has 0 amide bonds. The fourth-order valence-corrected chi connectivity index (χ4v) is 1.83. The molecular formula is C8H11N3O4. The van der Waals surface area contributed by atoms with Crippen LogP contribution in [0, 0.1) is 5.92 Å². The van der Waals surface area contributed by atoms with Gasteiger partial charge in [-0.15, -0.1) is 0 Å². The van der Waals surface area contributed by atoms with E-state index in [1.165, 1.54) is 6.92 Å². The summed E-state index contributed by atoms with van der Waals surface area (Å²) in [6, 6.07) is 0. The number of carboxylic acids is 1. The minimum absolute atomic E-state index is 0.149. The molecule has 1 aromatic rings. The molecule has 1 heterocycles. The van der Waals surface area contributed by atoms with Gasteiger partial charge in [-0.3, -0.25) is 0 Å². The highest BCUT2D eigenvalue weighted by atomic mass is 16.4. The van der Waals surface area contributed by atoms with Gasteiger partial charge in [0.15, 0.2) is 5.54 Å². The van der Waals surface area contributed by atoms with Gasteiger partial charge < -0.3 is 5.11 Å². The molecule has 2 rings (SSSR count). The number of H-pyrrole nitrogens is 2. The van der Waals surface area contributed by atoms with Gasteiger partial charge in [0.05, 0.1) is 0 Å². The normalized spacial score (nSPS) is 19.8. The van der Waals surface area contributed by atoms with E-state index in [4.69, 9.17) is 5.11 Å². The summed E-state index contributed by atoms with van der Waals surface area (Å²) >= 11 is 0. The molecule has 0 aliphatic heterocycles. The van der Waals surface area contributed by atoms with Gasteiger partial charge in [-0.1, -0.05) is 0 Å². The van der Waals surface area contributed by atoms with E-state index in [2.05, 4.69) is 10.2 Å². The van der Waals surface area contributed by atoms with E-state index >= 15 is 0 Å². The summed E-state index contributed by atoms with van der Waals surface area (Å²) in [7, 11) is 0. The van der Waals surface area contributed by atoms with Crippen LogP contribution in [0.5, 0.6) is 0 Å². The molecule has 0 saturated heterocycles. The van der Waals surface area contributed by atoms with E-state index < -0.39 is 22.9 Å². The third-order valence-corrected chi connectivity index (χ3v) is 2.95. The summed E-state index contributed by atoms with van der Waals surface area (Å²) in [5.41, 5.74) is -2.86. The van der Waals surface area contributed by atoms with Crippen LogP contribution < -0.4 is 11.4 Å². The van der Waals surface area contributed by atoms with Gasteiger partial charge >= 0.3 is 17.3 Å². The van der Waals surface area contributed by atoms with Gasteiger partial charge in [-0.05, 0) is 25.7 Å². The SMILES string of the molecule is CC(C(=O)O)(C1CC1)n1c(=O)[nH][nH]c1=O. The van der Waals surface area contributed by atoms with E-state index in [9.17, 15) is 14.4 Å². The number of aromatic nitrogens is 3.